The van der Waals surface area contributed by atoms with E-state index < -0.39 is 11.3 Å². The Bertz CT molecular complexity index is 988. The van der Waals surface area contributed by atoms with Crippen LogP contribution in [0.3, 0.4) is 0 Å². The van der Waals surface area contributed by atoms with E-state index in [1.165, 1.54) is 0 Å². The summed E-state index contributed by atoms with van der Waals surface area (Å²) in [7, 11) is 0. The number of nitrogens with two attached hydrogens (primary N) is 1. The van der Waals surface area contributed by atoms with Gasteiger partial charge in [-0.05, 0) is 47.9 Å². The lowest BCUT2D eigenvalue weighted by molar-refractivity contribution is 0.174. The standard InChI is InChI=1S/C21H18N4O2/c1-12-2-4-14-15(6-12)19(13-3-5-17-18(7-13)27-11-26-17)21(9-23,10-24)20(25)16(14)8-22/h3-5,7,12,15,19H,2,6,11,25H2,1H3/t12?,15-,19+/m0/s1. The molecule has 1 aromatic rings. The van der Waals surface area contributed by atoms with Crippen molar-refractivity contribution in [3.63, 3.8) is 0 Å². The number of nitriles is 3. The van der Waals surface area contributed by atoms with Crippen molar-refractivity contribution in [1.82, 2.24) is 0 Å². The van der Waals surface area contributed by atoms with Gasteiger partial charge in [0.15, 0.2) is 16.9 Å². The summed E-state index contributed by atoms with van der Waals surface area (Å²) >= 11 is 0. The smallest absolute Gasteiger partial charge is 0.231 e. The van der Waals surface area contributed by atoms with Crippen molar-refractivity contribution < 1.29 is 9.47 Å². The second-order valence-corrected chi connectivity index (χ2v) is 7.37. The highest BCUT2D eigenvalue weighted by Crippen LogP contribution is 2.57. The van der Waals surface area contributed by atoms with E-state index >= 15 is 0 Å². The maximum atomic E-state index is 10.0. The minimum Gasteiger partial charge on any atom is -0.454 e. The normalized spacial score (nSPS) is 27.6. The summed E-state index contributed by atoms with van der Waals surface area (Å²) in [5.74, 6) is 1.02. The fourth-order valence-corrected chi connectivity index (χ4v) is 4.56. The zero-order valence-electron chi connectivity index (χ0n) is 14.9. The summed E-state index contributed by atoms with van der Waals surface area (Å²) in [4.78, 5) is 0. The summed E-state index contributed by atoms with van der Waals surface area (Å²) < 4.78 is 10.9. The van der Waals surface area contributed by atoms with Crippen LogP contribution >= 0.6 is 0 Å². The van der Waals surface area contributed by atoms with E-state index in [1.807, 2.05) is 18.2 Å². The highest BCUT2D eigenvalue weighted by molar-refractivity contribution is 5.60. The van der Waals surface area contributed by atoms with Crippen molar-refractivity contribution in [3.8, 4) is 29.7 Å². The predicted octanol–water partition coefficient (Wildman–Crippen LogP) is 3.25. The SMILES string of the molecule is CC1CC=C2C(C#N)=C(N)C(C#N)(C#N)[C@H](c3ccc4c(c3)OCO4)[C@H]2C1. The number of rotatable bonds is 1. The van der Waals surface area contributed by atoms with Crippen LogP contribution in [0.1, 0.15) is 31.2 Å². The third kappa shape index (κ3) is 2.29. The fourth-order valence-electron chi connectivity index (χ4n) is 4.56. The van der Waals surface area contributed by atoms with E-state index in [-0.39, 0.29) is 24.0 Å². The molecule has 1 unspecified atom stereocenters. The molecule has 0 bridgehead atoms. The van der Waals surface area contributed by atoms with Gasteiger partial charge in [0.25, 0.3) is 0 Å². The first-order valence-electron chi connectivity index (χ1n) is 8.88. The molecule has 134 valence electrons. The average Bonchev–Trinajstić information content (AvgIpc) is 3.15. The topological polar surface area (TPSA) is 116 Å². The molecule has 4 rings (SSSR count). The first-order valence-corrected chi connectivity index (χ1v) is 8.88. The lowest BCUT2D eigenvalue weighted by Gasteiger charge is -2.44. The van der Waals surface area contributed by atoms with Gasteiger partial charge in [0.05, 0.1) is 23.4 Å². The Morgan fingerprint density at radius 3 is 2.59 bits per heavy atom. The Morgan fingerprint density at radius 1 is 1.15 bits per heavy atom. The third-order valence-corrected chi connectivity index (χ3v) is 5.87. The predicted molar refractivity (Wildman–Crippen MR) is 95.8 cm³/mol. The van der Waals surface area contributed by atoms with E-state index in [2.05, 4.69) is 25.1 Å². The van der Waals surface area contributed by atoms with Gasteiger partial charge < -0.3 is 15.2 Å². The van der Waals surface area contributed by atoms with Gasteiger partial charge in [-0.2, -0.15) is 15.8 Å². The van der Waals surface area contributed by atoms with Crippen molar-refractivity contribution in [2.45, 2.75) is 25.7 Å². The molecule has 27 heavy (non-hydrogen) atoms. The molecule has 0 amide bonds. The van der Waals surface area contributed by atoms with Crippen molar-refractivity contribution in [3.05, 3.63) is 46.7 Å². The molecule has 1 aliphatic heterocycles. The Balaban J connectivity index is 1.98. The molecule has 6 nitrogen and oxygen atoms in total. The number of allylic oxidation sites excluding steroid dienone is 4. The largest absolute Gasteiger partial charge is 0.454 e. The van der Waals surface area contributed by atoms with Crippen LogP contribution in [0.5, 0.6) is 11.5 Å². The van der Waals surface area contributed by atoms with Crippen LogP contribution in [0.4, 0.5) is 0 Å². The average molecular weight is 358 g/mol. The Morgan fingerprint density at radius 2 is 1.89 bits per heavy atom. The molecule has 0 radical (unpaired) electrons. The van der Waals surface area contributed by atoms with Crippen molar-refractivity contribution in [2.75, 3.05) is 6.79 Å². The summed E-state index contributed by atoms with van der Waals surface area (Å²) in [6, 6.07) is 11.9. The van der Waals surface area contributed by atoms with E-state index in [4.69, 9.17) is 15.2 Å². The fraction of sp³-hybridized carbons (Fsp3) is 0.381. The quantitative estimate of drug-likeness (QED) is 0.823. The lowest BCUT2D eigenvalue weighted by Crippen LogP contribution is -2.43. The molecule has 3 aliphatic rings. The maximum absolute atomic E-state index is 10.0. The molecule has 1 heterocycles. The third-order valence-electron chi connectivity index (χ3n) is 5.87. The van der Waals surface area contributed by atoms with E-state index in [1.54, 1.807) is 6.07 Å². The summed E-state index contributed by atoms with van der Waals surface area (Å²) in [5, 5.41) is 29.8. The van der Waals surface area contributed by atoms with Crippen LogP contribution < -0.4 is 15.2 Å². The minimum atomic E-state index is -1.60. The molecule has 0 fully saturated rings. The van der Waals surface area contributed by atoms with E-state index in [0.29, 0.717) is 17.4 Å². The van der Waals surface area contributed by atoms with Crippen molar-refractivity contribution in [2.24, 2.45) is 23.0 Å². The second kappa shape index (κ2) is 6.08. The molecular weight excluding hydrogens is 340 g/mol. The Hall–Kier alpha value is -3.43. The van der Waals surface area contributed by atoms with Gasteiger partial charge in [-0.3, -0.25) is 0 Å². The van der Waals surface area contributed by atoms with Gasteiger partial charge in [-0.25, -0.2) is 0 Å². The molecule has 2 N–H and O–H groups in total. The zero-order valence-corrected chi connectivity index (χ0v) is 14.9. The number of hydrogen-bond acceptors (Lipinski definition) is 6. The van der Waals surface area contributed by atoms with Crippen LogP contribution in [-0.2, 0) is 0 Å². The zero-order chi connectivity index (χ0) is 19.2. The number of hydrogen-bond donors (Lipinski definition) is 1. The first-order chi connectivity index (χ1) is 13.1. The van der Waals surface area contributed by atoms with Gasteiger partial charge in [0, 0.05) is 5.92 Å². The van der Waals surface area contributed by atoms with Gasteiger partial charge in [0.2, 0.25) is 6.79 Å². The summed E-state index contributed by atoms with van der Waals surface area (Å²) in [5.41, 5.74) is 6.68. The van der Waals surface area contributed by atoms with E-state index in [0.717, 1.165) is 24.0 Å². The van der Waals surface area contributed by atoms with Crippen molar-refractivity contribution >= 4 is 0 Å². The van der Waals surface area contributed by atoms with Gasteiger partial charge in [-0.15, -0.1) is 0 Å². The second-order valence-electron chi connectivity index (χ2n) is 7.37. The minimum absolute atomic E-state index is 0.0507. The lowest BCUT2D eigenvalue weighted by atomic mass is 9.56. The molecule has 6 heteroatoms. The monoisotopic (exact) mass is 358 g/mol. The Labute approximate surface area is 157 Å². The first kappa shape index (κ1) is 17.0. The Kier molecular flexibility index (Phi) is 3.83. The number of ether oxygens (including phenoxy) is 2. The van der Waals surface area contributed by atoms with E-state index in [9.17, 15) is 15.8 Å². The van der Waals surface area contributed by atoms with Gasteiger partial charge in [-0.1, -0.05) is 19.1 Å². The van der Waals surface area contributed by atoms with Crippen LogP contribution in [-0.4, -0.2) is 6.79 Å². The van der Waals surface area contributed by atoms with Gasteiger partial charge >= 0.3 is 0 Å². The molecular formula is C21H18N4O2. The van der Waals surface area contributed by atoms with Gasteiger partial charge in [0.1, 0.15) is 6.07 Å². The molecule has 0 spiro atoms. The highest BCUT2D eigenvalue weighted by atomic mass is 16.7. The molecule has 2 aliphatic carbocycles. The number of fused-ring (bicyclic) bond motifs is 2. The van der Waals surface area contributed by atoms with Crippen molar-refractivity contribution in [1.29, 1.82) is 15.8 Å². The summed E-state index contributed by atoms with van der Waals surface area (Å²) in [6.45, 7) is 2.29. The molecule has 3 atom stereocenters. The summed E-state index contributed by atoms with van der Waals surface area (Å²) in [6.07, 6.45) is 3.68. The molecule has 0 saturated heterocycles. The highest BCUT2D eigenvalue weighted by Gasteiger charge is 2.54. The maximum Gasteiger partial charge on any atom is 0.231 e. The molecule has 0 saturated carbocycles. The number of benzene rings is 1. The van der Waals surface area contributed by atoms with Crippen LogP contribution in [0.15, 0.2) is 41.1 Å². The molecule has 0 aromatic heterocycles. The van der Waals surface area contributed by atoms with Crippen LogP contribution in [0, 0.1) is 51.2 Å². The molecule has 1 aromatic carbocycles. The van der Waals surface area contributed by atoms with Crippen LogP contribution in [0.25, 0.3) is 0 Å². The number of nitrogens with zero attached hydrogens (tertiary/aromatic N) is 3. The van der Waals surface area contributed by atoms with Crippen LogP contribution in [0.2, 0.25) is 0 Å².